The maximum Gasteiger partial charge on any atom is 0.219 e. The molecule has 1 aromatic carbocycles. The Labute approximate surface area is 161 Å². The molecule has 26 heavy (non-hydrogen) atoms. The van der Waals surface area contributed by atoms with Crippen molar-refractivity contribution in [2.45, 2.75) is 33.7 Å². The van der Waals surface area contributed by atoms with Gasteiger partial charge in [-0.2, -0.15) is 0 Å². The largest absolute Gasteiger partial charge is 0.339 e. The Bertz CT molecular complexity index is 603. The molecule has 144 valence electrons. The molecule has 6 nitrogen and oxygen atoms in total. The Hall–Kier alpha value is -1.63. The van der Waals surface area contributed by atoms with E-state index in [-0.39, 0.29) is 5.96 Å². The van der Waals surface area contributed by atoms with Gasteiger partial charge in [-0.1, -0.05) is 44.5 Å². The zero-order chi connectivity index (χ0) is 19.2. The van der Waals surface area contributed by atoms with Crippen LogP contribution >= 0.6 is 11.6 Å². The predicted octanol–water partition coefficient (Wildman–Crippen LogP) is 3.55. The SMILES string of the molecule is CC(C)(C)CCN1CCN(C(=N)N=CN(O)Cc2ccc(Cl)cc2)CC1. The van der Waals surface area contributed by atoms with Crippen LogP contribution in [0.3, 0.4) is 0 Å². The van der Waals surface area contributed by atoms with E-state index < -0.39 is 0 Å². The summed E-state index contributed by atoms with van der Waals surface area (Å²) in [5.74, 6) is 0.190. The van der Waals surface area contributed by atoms with Gasteiger partial charge in [0.2, 0.25) is 5.96 Å². The average molecular weight is 380 g/mol. The standard InChI is InChI=1S/C19H30ClN5O/c1-19(2,3)8-9-23-10-12-24(13-11-23)18(21)22-15-25(26)14-16-4-6-17(20)7-5-16/h4-7,15,21,26H,8-14H2,1-3H3. The molecule has 0 saturated carbocycles. The summed E-state index contributed by atoms with van der Waals surface area (Å²) >= 11 is 5.85. The fourth-order valence-electron chi connectivity index (χ4n) is 2.70. The monoisotopic (exact) mass is 379 g/mol. The van der Waals surface area contributed by atoms with E-state index in [0.29, 0.717) is 17.0 Å². The van der Waals surface area contributed by atoms with Crippen molar-refractivity contribution in [3.05, 3.63) is 34.9 Å². The first-order valence-corrected chi connectivity index (χ1v) is 9.41. The van der Waals surface area contributed by atoms with Crippen LogP contribution in [0.25, 0.3) is 0 Å². The van der Waals surface area contributed by atoms with Gasteiger partial charge in [-0.25, -0.2) is 10.1 Å². The second kappa shape index (κ2) is 9.35. The quantitative estimate of drug-likeness (QED) is 0.466. The van der Waals surface area contributed by atoms with Crippen molar-refractivity contribution in [2.75, 3.05) is 32.7 Å². The topological polar surface area (TPSA) is 66.2 Å². The maximum atomic E-state index is 9.94. The molecule has 1 aromatic rings. The lowest BCUT2D eigenvalue weighted by molar-refractivity contribution is -0.0164. The Balaban J connectivity index is 1.74. The smallest absolute Gasteiger partial charge is 0.219 e. The van der Waals surface area contributed by atoms with Crippen molar-refractivity contribution in [3.8, 4) is 0 Å². The Morgan fingerprint density at radius 2 is 1.85 bits per heavy atom. The first kappa shape index (κ1) is 20.7. The lowest BCUT2D eigenvalue weighted by Gasteiger charge is -2.36. The molecule has 2 N–H and O–H groups in total. The third-order valence-corrected chi connectivity index (χ3v) is 4.67. The van der Waals surface area contributed by atoms with Gasteiger partial charge in [0.1, 0.15) is 6.34 Å². The molecule has 1 aliphatic rings. The van der Waals surface area contributed by atoms with Gasteiger partial charge in [-0.15, -0.1) is 0 Å². The number of benzene rings is 1. The number of hydrogen-bond donors (Lipinski definition) is 2. The Morgan fingerprint density at radius 1 is 1.23 bits per heavy atom. The molecule has 0 aromatic heterocycles. The third kappa shape index (κ3) is 7.32. The van der Waals surface area contributed by atoms with Crippen molar-refractivity contribution in [1.29, 1.82) is 5.41 Å². The van der Waals surface area contributed by atoms with Crippen LogP contribution in [-0.2, 0) is 6.54 Å². The number of nitrogens with zero attached hydrogens (tertiary/aromatic N) is 4. The van der Waals surface area contributed by atoms with Gasteiger partial charge >= 0.3 is 0 Å². The van der Waals surface area contributed by atoms with E-state index in [9.17, 15) is 5.21 Å². The van der Waals surface area contributed by atoms with Gasteiger partial charge in [0, 0.05) is 31.2 Å². The summed E-state index contributed by atoms with van der Waals surface area (Å²) in [6.45, 7) is 11.7. The van der Waals surface area contributed by atoms with E-state index in [0.717, 1.165) is 43.4 Å². The lowest BCUT2D eigenvalue weighted by atomic mass is 9.92. The van der Waals surface area contributed by atoms with Gasteiger partial charge in [0.05, 0.1) is 6.54 Å². The number of aliphatic imine (C=N–C) groups is 1. The van der Waals surface area contributed by atoms with Crippen LogP contribution in [0.4, 0.5) is 0 Å². The second-order valence-corrected chi connectivity index (χ2v) is 8.37. The second-order valence-electron chi connectivity index (χ2n) is 7.93. The molecule has 0 atom stereocenters. The molecule has 0 unspecified atom stereocenters. The van der Waals surface area contributed by atoms with Crippen LogP contribution in [0.1, 0.15) is 32.8 Å². The fraction of sp³-hybridized carbons (Fsp3) is 0.579. The highest BCUT2D eigenvalue weighted by Gasteiger charge is 2.20. The van der Waals surface area contributed by atoms with Crippen molar-refractivity contribution in [3.63, 3.8) is 0 Å². The number of guanidine groups is 1. The average Bonchev–Trinajstić information content (AvgIpc) is 2.60. The van der Waals surface area contributed by atoms with Crippen molar-refractivity contribution in [1.82, 2.24) is 14.9 Å². The molecular formula is C19H30ClN5O. The van der Waals surface area contributed by atoms with Gasteiger partial charge in [0.25, 0.3) is 0 Å². The molecule has 0 amide bonds. The van der Waals surface area contributed by atoms with Crippen LogP contribution in [0.5, 0.6) is 0 Å². The number of hydrogen-bond acceptors (Lipinski definition) is 3. The summed E-state index contributed by atoms with van der Waals surface area (Å²) in [4.78, 5) is 8.47. The molecule has 0 spiro atoms. The van der Waals surface area contributed by atoms with E-state index >= 15 is 0 Å². The molecule has 0 aliphatic carbocycles. The van der Waals surface area contributed by atoms with E-state index in [1.165, 1.54) is 12.8 Å². The van der Waals surface area contributed by atoms with E-state index in [1.807, 2.05) is 17.0 Å². The predicted molar refractivity (Wildman–Crippen MR) is 107 cm³/mol. The molecule has 0 radical (unpaired) electrons. The molecule has 2 rings (SSSR count). The zero-order valence-corrected chi connectivity index (χ0v) is 16.7. The van der Waals surface area contributed by atoms with Crippen molar-refractivity contribution >= 4 is 23.9 Å². The molecule has 1 aliphatic heterocycles. The minimum Gasteiger partial charge on any atom is -0.339 e. The van der Waals surface area contributed by atoms with E-state index in [2.05, 4.69) is 30.7 Å². The highest BCUT2D eigenvalue weighted by Crippen LogP contribution is 2.19. The zero-order valence-electron chi connectivity index (χ0n) is 16.0. The normalized spacial score (nSPS) is 16.3. The van der Waals surface area contributed by atoms with Gasteiger partial charge < -0.3 is 4.90 Å². The van der Waals surface area contributed by atoms with Crippen LogP contribution < -0.4 is 0 Å². The van der Waals surface area contributed by atoms with E-state index in [1.54, 1.807) is 12.1 Å². The number of nitrogens with one attached hydrogen (secondary N) is 1. The number of rotatable bonds is 5. The molecule has 7 heteroatoms. The Kier molecular flexibility index (Phi) is 7.43. The first-order chi connectivity index (χ1) is 12.2. The molecule has 1 fully saturated rings. The summed E-state index contributed by atoms with van der Waals surface area (Å²) in [6.07, 6.45) is 2.47. The highest BCUT2D eigenvalue weighted by molar-refractivity contribution is 6.30. The van der Waals surface area contributed by atoms with Crippen LogP contribution in [0.15, 0.2) is 29.3 Å². The minimum absolute atomic E-state index is 0.190. The number of halogens is 1. The molecule has 1 heterocycles. The summed E-state index contributed by atoms with van der Waals surface area (Å²) in [6, 6.07) is 7.26. The number of piperazine rings is 1. The fourth-order valence-corrected chi connectivity index (χ4v) is 2.82. The third-order valence-electron chi connectivity index (χ3n) is 4.42. The van der Waals surface area contributed by atoms with Crippen LogP contribution in [-0.4, -0.2) is 65.1 Å². The summed E-state index contributed by atoms with van der Waals surface area (Å²) in [5.41, 5.74) is 1.27. The van der Waals surface area contributed by atoms with E-state index in [4.69, 9.17) is 17.0 Å². The number of hydroxylamine groups is 2. The Morgan fingerprint density at radius 3 is 2.42 bits per heavy atom. The summed E-state index contributed by atoms with van der Waals surface area (Å²) in [5, 5.41) is 19.7. The van der Waals surface area contributed by atoms with Crippen molar-refractivity contribution < 1.29 is 5.21 Å². The van der Waals surface area contributed by atoms with Crippen LogP contribution in [0.2, 0.25) is 5.02 Å². The van der Waals surface area contributed by atoms with Crippen molar-refractivity contribution in [2.24, 2.45) is 10.4 Å². The highest BCUT2D eigenvalue weighted by atomic mass is 35.5. The van der Waals surface area contributed by atoms with Gasteiger partial charge in [-0.3, -0.25) is 15.5 Å². The maximum absolute atomic E-state index is 9.94. The van der Waals surface area contributed by atoms with Gasteiger partial charge in [-0.05, 0) is 36.1 Å². The summed E-state index contributed by atoms with van der Waals surface area (Å²) in [7, 11) is 0. The first-order valence-electron chi connectivity index (χ1n) is 9.03. The molecule has 0 bridgehead atoms. The molecule has 1 saturated heterocycles. The van der Waals surface area contributed by atoms with Gasteiger partial charge in [0.15, 0.2) is 0 Å². The minimum atomic E-state index is 0.190. The summed E-state index contributed by atoms with van der Waals surface area (Å²) < 4.78 is 0. The van der Waals surface area contributed by atoms with Crippen LogP contribution in [0, 0.1) is 10.8 Å². The molecular weight excluding hydrogens is 350 g/mol. The lowest BCUT2D eigenvalue weighted by Crippen LogP contribution is -2.48.